The Kier molecular flexibility index (Phi) is 3.52. The van der Waals surface area contributed by atoms with Crippen LogP contribution in [0.4, 0.5) is 0 Å². The standard InChI is InChI=1S/C16H26N4/c1-2-4-15(3-1)20-9-7-14(18-20)12-19-10-8-17-11-16(19)13-5-6-13/h7,9,13,15-17H,1-6,8,10-12H2. The topological polar surface area (TPSA) is 33.1 Å². The largest absolute Gasteiger partial charge is 0.314 e. The molecule has 0 spiro atoms. The summed E-state index contributed by atoms with van der Waals surface area (Å²) in [7, 11) is 0. The highest BCUT2D eigenvalue weighted by atomic mass is 15.3. The van der Waals surface area contributed by atoms with Crippen LogP contribution >= 0.6 is 0 Å². The van der Waals surface area contributed by atoms with E-state index >= 15 is 0 Å². The average Bonchev–Trinajstić information content (AvgIpc) is 2.99. The molecule has 1 aromatic heterocycles. The Morgan fingerprint density at radius 2 is 2.05 bits per heavy atom. The van der Waals surface area contributed by atoms with Gasteiger partial charge in [-0.1, -0.05) is 12.8 Å². The van der Waals surface area contributed by atoms with E-state index in [1.807, 2.05) is 0 Å². The molecule has 1 N–H and O–H groups in total. The smallest absolute Gasteiger partial charge is 0.0765 e. The molecule has 2 aliphatic carbocycles. The van der Waals surface area contributed by atoms with Gasteiger partial charge in [-0.2, -0.15) is 5.10 Å². The van der Waals surface area contributed by atoms with Gasteiger partial charge in [0.15, 0.2) is 0 Å². The molecule has 3 fully saturated rings. The summed E-state index contributed by atoms with van der Waals surface area (Å²) in [5.74, 6) is 0.944. The maximum absolute atomic E-state index is 4.86. The summed E-state index contributed by atoms with van der Waals surface area (Å²) in [6.07, 6.45) is 10.5. The minimum atomic E-state index is 0.672. The quantitative estimate of drug-likeness (QED) is 0.913. The van der Waals surface area contributed by atoms with Crippen molar-refractivity contribution in [2.45, 2.75) is 57.2 Å². The summed E-state index contributed by atoms with van der Waals surface area (Å²) in [6.45, 7) is 4.53. The van der Waals surface area contributed by atoms with Crippen LogP contribution < -0.4 is 5.32 Å². The van der Waals surface area contributed by atoms with E-state index in [9.17, 15) is 0 Å². The van der Waals surface area contributed by atoms with Crippen molar-refractivity contribution in [1.29, 1.82) is 0 Å². The lowest BCUT2D eigenvalue weighted by atomic mass is 10.1. The minimum Gasteiger partial charge on any atom is -0.314 e. The number of nitrogens with zero attached hydrogens (tertiary/aromatic N) is 3. The second kappa shape index (κ2) is 5.49. The zero-order valence-corrected chi connectivity index (χ0v) is 12.3. The molecule has 1 unspecified atom stereocenters. The Bertz CT molecular complexity index is 445. The Morgan fingerprint density at radius 3 is 2.85 bits per heavy atom. The molecule has 2 heterocycles. The van der Waals surface area contributed by atoms with Crippen LogP contribution in [0.15, 0.2) is 12.3 Å². The highest BCUT2D eigenvalue weighted by Crippen LogP contribution is 2.36. The number of hydrogen-bond donors (Lipinski definition) is 1. The molecule has 2 saturated carbocycles. The Labute approximate surface area is 121 Å². The molecule has 0 amide bonds. The van der Waals surface area contributed by atoms with E-state index in [1.54, 1.807) is 0 Å². The molecule has 3 aliphatic rings. The molecular formula is C16H26N4. The maximum atomic E-state index is 4.86. The van der Waals surface area contributed by atoms with Crippen LogP contribution in [0, 0.1) is 5.92 Å². The summed E-state index contributed by atoms with van der Waals surface area (Å²) in [5.41, 5.74) is 1.27. The van der Waals surface area contributed by atoms with Gasteiger partial charge in [0.25, 0.3) is 0 Å². The van der Waals surface area contributed by atoms with Gasteiger partial charge in [-0.25, -0.2) is 0 Å². The second-order valence-corrected chi connectivity index (χ2v) is 6.80. The number of nitrogens with one attached hydrogen (secondary N) is 1. The number of hydrogen-bond acceptors (Lipinski definition) is 3. The van der Waals surface area contributed by atoms with Crippen molar-refractivity contribution in [3.8, 4) is 0 Å². The molecule has 4 heteroatoms. The van der Waals surface area contributed by atoms with Gasteiger partial charge in [0, 0.05) is 38.4 Å². The van der Waals surface area contributed by atoms with E-state index in [0.29, 0.717) is 6.04 Å². The lowest BCUT2D eigenvalue weighted by molar-refractivity contribution is 0.133. The van der Waals surface area contributed by atoms with E-state index in [2.05, 4.69) is 27.2 Å². The Morgan fingerprint density at radius 1 is 1.20 bits per heavy atom. The molecule has 1 aromatic rings. The number of rotatable bonds is 4. The third-order valence-electron chi connectivity index (χ3n) is 5.29. The molecule has 0 bridgehead atoms. The van der Waals surface area contributed by atoms with E-state index in [1.165, 1.54) is 57.3 Å². The summed E-state index contributed by atoms with van der Waals surface area (Å²) < 4.78 is 2.23. The van der Waals surface area contributed by atoms with Crippen molar-refractivity contribution >= 4 is 0 Å². The Balaban J connectivity index is 1.42. The van der Waals surface area contributed by atoms with Gasteiger partial charge in [0.2, 0.25) is 0 Å². The van der Waals surface area contributed by atoms with Crippen molar-refractivity contribution in [3.05, 3.63) is 18.0 Å². The Hall–Kier alpha value is -0.870. The zero-order valence-electron chi connectivity index (χ0n) is 12.3. The maximum Gasteiger partial charge on any atom is 0.0765 e. The number of piperazine rings is 1. The van der Waals surface area contributed by atoms with Crippen LogP contribution in [0.25, 0.3) is 0 Å². The summed E-state index contributed by atoms with van der Waals surface area (Å²) in [5, 5.41) is 8.41. The first-order chi connectivity index (χ1) is 9.90. The van der Waals surface area contributed by atoms with Crippen LogP contribution in [-0.4, -0.2) is 40.4 Å². The van der Waals surface area contributed by atoms with E-state index < -0.39 is 0 Å². The lowest BCUT2D eigenvalue weighted by Crippen LogP contribution is -2.51. The van der Waals surface area contributed by atoms with Gasteiger partial charge in [-0.05, 0) is 37.7 Å². The third kappa shape index (κ3) is 2.63. The van der Waals surface area contributed by atoms with Gasteiger partial charge < -0.3 is 5.32 Å². The van der Waals surface area contributed by atoms with E-state index in [-0.39, 0.29) is 0 Å². The fraction of sp³-hybridized carbons (Fsp3) is 0.812. The third-order valence-corrected chi connectivity index (χ3v) is 5.29. The average molecular weight is 274 g/mol. The molecule has 0 aromatic carbocycles. The molecule has 110 valence electrons. The lowest BCUT2D eigenvalue weighted by Gasteiger charge is -2.36. The molecule has 1 atom stereocenters. The summed E-state index contributed by atoms with van der Waals surface area (Å²) in [6, 6.07) is 3.66. The summed E-state index contributed by atoms with van der Waals surface area (Å²) in [4.78, 5) is 2.66. The van der Waals surface area contributed by atoms with Crippen LogP contribution in [0.3, 0.4) is 0 Å². The molecule has 4 rings (SSSR count). The van der Waals surface area contributed by atoms with Crippen LogP contribution in [0.1, 0.15) is 50.3 Å². The van der Waals surface area contributed by atoms with Crippen LogP contribution in [0.2, 0.25) is 0 Å². The molecule has 4 nitrogen and oxygen atoms in total. The fourth-order valence-electron chi connectivity index (χ4n) is 3.95. The normalized spacial score (nSPS) is 29.1. The van der Waals surface area contributed by atoms with E-state index in [0.717, 1.165) is 25.0 Å². The van der Waals surface area contributed by atoms with Crippen molar-refractivity contribution in [3.63, 3.8) is 0 Å². The SMILES string of the molecule is c1cn(C2CCCC2)nc1CN1CCNCC1C1CC1. The van der Waals surface area contributed by atoms with Crippen molar-refractivity contribution in [2.75, 3.05) is 19.6 Å². The monoisotopic (exact) mass is 274 g/mol. The first-order valence-electron chi connectivity index (χ1n) is 8.39. The molecule has 1 saturated heterocycles. The van der Waals surface area contributed by atoms with Gasteiger partial charge in [0.1, 0.15) is 0 Å². The van der Waals surface area contributed by atoms with Crippen molar-refractivity contribution in [2.24, 2.45) is 5.92 Å². The highest BCUT2D eigenvalue weighted by Gasteiger charge is 2.36. The molecular weight excluding hydrogens is 248 g/mol. The van der Waals surface area contributed by atoms with Crippen LogP contribution in [0.5, 0.6) is 0 Å². The number of aromatic nitrogens is 2. The predicted octanol–water partition coefficient (Wildman–Crippen LogP) is 2.18. The second-order valence-electron chi connectivity index (χ2n) is 6.80. The first-order valence-corrected chi connectivity index (χ1v) is 8.39. The van der Waals surface area contributed by atoms with Gasteiger partial charge in [-0.3, -0.25) is 9.58 Å². The first kappa shape index (κ1) is 12.8. The van der Waals surface area contributed by atoms with Crippen molar-refractivity contribution in [1.82, 2.24) is 20.0 Å². The molecule has 1 aliphatic heterocycles. The minimum absolute atomic E-state index is 0.672. The van der Waals surface area contributed by atoms with E-state index in [4.69, 9.17) is 5.10 Å². The van der Waals surface area contributed by atoms with Gasteiger partial charge >= 0.3 is 0 Å². The fourth-order valence-corrected chi connectivity index (χ4v) is 3.95. The summed E-state index contributed by atoms with van der Waals surface area (Å²) >= 11 is 0. The highest BCUT2D eigenvalue weighted by molar-refractivity contribution is 5.03. The molecule has 0 radical (unpaired) electrons. The van der Waals surface area contributed by atoms with Crippen LogP contribution in [-0.2, 0) is 6.54 Å². The van der Waals surface area contributed by atoms with Gasteiger partial charge in [0.05, 0.1) is 11.7 Å². The molecule has 20 heavy (non-hydrogen) atoms. The van der Waals surface area contributed by atoms with Gasteiger partial charge in [-0.15, -0.1) is 0 Å². The van der Waals surface area contributed by atoms with Crippen molar-refractivity contribution < 1.29 is 0 Å². The predicted molar refractivity (Wildman–Crippen MR) is 79.5 cm³/mol. The zero-order chi connectivity index (χ0) is 13.4.